The first-order valence-electron chi connectivity index (χ1n) is 9.41. The number of aromatic nitrogens is 4. The van der Waals surface area contributed by atoms with Crippen molar-refractivity contribution in [2.75, 3.05) is 25.5 Å². The third kappa shape index (κ3) is 3.10. The summed E-state index contributed by atoms with van der Waals surface area (Å²) in [5.41, 5.74) is 0.775. The third-order valence-corrected chi connectivity index (χ3v) is 6.58. The van der Waals surface area contributed by atoms with Gasteiger partial charge in [0.15, 0.2) is 5.01 Å². The fraction of sp³-hybridized carbons (Fsp3) is 0.421. The first kappa shape index (κ1) is 17.4. The largest absolute Gasteiger partial charge is 0.323 e. The molecule has 0 aliphatic carbocycles. The number of carbonyl (C=O) groups is 1. The van der Waals surface area contributed by atoms with Crippen molar-refractivity contribution >= 4 is 34.0 Å². The van der Waals surface area contributed by atoms with Crippen LogP contribution in [-0.4, -0.2) is 68.2 Å². The van der Waals surface area contributed by atoms with Crippen LogP contribution in [0.25, 0.3) is 21.5 Å². The number of fused-ring (bicyclic) bond motifs is 3. The molecule has 28 heavy (non-hydrogen) atoms. The minimum atomic E-state index is -0.0779. The number of likely N-dealkylation sites (N-methyl/N-ethyl adjacent to an activating group) is 1. The molecular formula is C19H21N7OS. The van der Waals surface area contributed by atoms with Gasteiger partial charge >= 0.3 is 6.03 Å². The van der Waals surface area contributed by atoms with Gasteiger partial charge in [-0.15, -0.1) is 10.2 Å². The van der Waals surface area contributed by atoms with Gasteiger partial charge in [0.05, 0.1) is 0 Å². The van der Waals surface area contributed by atoms with E-state index in [9.17, 15) is 4.79 Å². The summed E-state index contributed by atoms with van der Waals surface area (Å²) >= 11 is 1.51. The van der Waals surface area contributed by atoms with Gasteiger partial charge in [0.1, 0.15) is 16.5 Å². The number of aryl methyl sites for hydroxylation is 1. The third-order valence-electron chi connectivity index (χ3n) is 5.72. The highest BCUT2D eigenvalue weighted by molar-refractivity contribution is 7.14. The zero-order valence-electron chi connectivity index (χ0n) is 15.8. The second-order valence-electron chi connectivity index (χ2n) is 7.50. The monoisotopic (exact) mass is 395 g/mol. The molecule has 2 fully saturated rings. The molecule has 0 saturated carbocycles. The van der Waals surface area contributed by atoms with Gasteiger partial charge in [0, 0.05) is 43.0 Å². The molecule has 2 atom stereocenters. The number of nitrogens with zero attached hydrogens (tertiary/aromatic N) is 6. The van der Waals surface area contributed by atoms with Crippen molar-refractivity contribution in [1.82, 2.24) is 30.0 Å². The highest BCUT2D eigenvalue weighted by atomic mass is 32.1. The van der Waals surface area contributed by atoms with Crippen molar-refractivity contribution in [3.63, 3.8) is 0 Å². The molecule has 2 aliphatic rings. The van der Waals surface area contributed by atoms with Crippen molar-refractivity contribution in [3.8, 4) is 10.7 Å². The molecule has 2 aliphatic heterocycles. The number of rotatable bonds is 2. The van der Waals surface area contributed by atoms with Gasteiger partial charge in [-0.2, -0.15) is 0 Å². The molecule has 5 heterocycles. The lowest BCUT2D eigenvalue weighted by Crippen LogP contribution is -2.54. The van der Waals surface area contributed by atoms with Crippen molar-refractivity contribution in [2.45, 2.75) is 31.8 Å². The van der Waals surface area contributed by atoms with Crippen LogP contribution in [0, 0.1) is 6.92 Å². The number of carbonyl (C=O) groups excluding carboxylic acids is 1. The molecule has 2 saturated heterocycles. The van der Waals surface area contributed by atoms with Crippen LogP contribution in [0.15, 0.2) is 24.5 Å². The van der Waals surface area contributed by atoms with Crippen LogP contribution < -0.4 is 5.32 Å². The average molecular weight is 395 g/mol. The van der Waals surface area contributed by atoms with Gasteiger partial charge in [-0.25, -0.2) is 9.78 Å². The lowest BCUT2D eigenvalue weighted by molar-refractivity contribution is 0.110. The number of likely N-dealkylation sites (tertiary alicyclic amines) is 1. The van der Waals surface area contributed by atoms with E-state index in [-0.39, 0.29) is 6.03 Å². The van der Waals surface area contributed by atoms with Gasteiger partial charge in [0.25, 0.3) is 0 Å². The maximum absolute atomic E-state index is 12.7. The molecule has 144 valence electrons. The smallest absolute Gasteiger partial charge is 0.321 e. The molecule has 3 aromatic heterocycles. The minimum Gasteiger partial charge on any atom is -0.321 e. The number of hydrogen-bond donors (Lipinski definition) is 1. The van der Waals surface area contributed by atoms with Gasteiger partial charge < -0.3 is 4.90 Å². The van der Waals surface area contributed by atoms with Crippen LogP contribution in [0.5, 0.6) is 0 Å². The SMILES string of the molecule is Cc1nnc(-c2cc3cc(NC(=O)N4CC5CCC(C4)N5C)ncc3cn2)s1. The van der Waals surface area contributed by atoms with E-state index in [1.54, 1.807) is 12.4 Å². The van der Waals surface area contributed by atoms with Crippen molar-refractivity contribution in [1.29, 1.82) is 0 Å². The first-order valence-corrected chi connectivity index (χ1v) is 10.2. The van der Waals surface area contributed by atoms with Crippen LogP contribution >= 0.6 is 11.3 Å². The predicted molar refractivity (Wildman–Crippen MR) is 108 cm³/mol. The number of piperazine rings is 1. The molecule has 8 nitrogen and oxygen atoms in total. The summed E-state index contributed by atoms with van der Waals surface area (Å²) in [4.78, 5) is 25.9. The Hall–Kier alpha value is -2.65. The zero-order chi connectivity index (χ0) is 19.3. The average Bonchev–Trinajstić information content (AvgIpc) is 3.19. The van der Waals surface area contributed by atoms with Crippen molar-refractivity contribution < 1.29 is 4.79 Å². The van der Waals surface area contributed by atoms with E-state index in [1.165, 1.54) is 24.2 Å². The van der Waals surface area contributed by atoms with E-state index in [0.29, 0.717) is 17.9 Å². The van der Waals surface area contributed by atoms with Crippen molar-refractivity contribution in [3.05, 3.63) is 29.5 Å². The summed E-state index contributed by atoms with van der Waals surface area (Å²) in [6.07, 6.45) is 5.85. The van der Waals surface area contributed by atoms with Gasteiger partial charge in [-0.05, 0) is 44.3 Å². The highest BCUT2D eigenvalue weighted by Gasteiger charge is 2.39. The van der Waals surface area contributed by atoms with E-state index in [2.05, 4.69) is 37.4 Å². The molecule has 0 radical (unpaired) electrons. The number of nitrogens with one attached hydrogen (secondary N) is 1. The topological polar surface area (TPSA) is 87.1 Å². The number of amides is 2. The van der Waals surface area contributed by atoms with Gasteiger partial charge in [-0.1, -0.05) is 11.3 Å². The standard InChI is InChI=1S/C19H21N7OS/c1-11-23-24-18(28-11)16-5-12-6-17(21-8-13(12)7-20-16)22-19(27)26-9-14-3-4-15(10-26)25(14)2/h5-8,14-15H,3-4,9-10H2,1-2H3,(H,21,22,27). The summed E-state index contributed by atoms with van der Waals surface area (Å²) in [7, 11) is 2.16. The molecular weight excluding hydrogens is 374 g/mol. The molecule has 3 aromatic rings. The second kappa shape index (κ2) is 6.75. The van der Waals surface area contributed by atoms with Crippen LogP contribution in [0.3, 0.4) is 0 Å². The number of urea groups is 1. The van der Waals surface area contributed by atoms with Crippen LogP contribution in [0.2, 0.25) is 0 Å². The van der Waals surface area contributed by atoms with Crippen molar-refractivity contribution in [2.24, 2.45) is 0 Å². The van der Waals surface area contributed by atoms with E-state index < -0.39 is 0 Å². The predicted octanol–water partition coefficient (Wildman–Crippen LogP) is 2.77. The Bertz CT molecular complexity index is 1040. The molecule has 9 heteroatoms. The molecule has 0 spiro atoms. The first-order chi connectivity index (χ1) is 13.6. The number of hydrogen-bond acceptors (Lipinski definition) is 7. The summed E-state index contributed by atoms with van der Waals surface area (Å²) in [5, 5.41) is 14.7. The lowest BCUT2D eigenvalue weighted by atomic mass is 10.2. The summed E-state index contributed by atoms with van der Waals surface area (Å²) in [6, 6.07) is 4.71. The second-order valence-corrected chi connectivity index (χ2v) is 8.68. The zero-order valence-corrected chi connectivity index (χ0v) is 16.6. The Kier molecular flexibility index (Phi) is 4.21. The molecule has 2 amide bonds. The Labute approximate surface area is 166 Å². The number of pyridine rings is 2. The maximum atomic E-state index is 12.7. The fourth-order valence-electron chi connectivity index (χ4n) is 4.09. The van der Waals surface area contributed by atoms with Crippen LogP contribution in [0.1, 0.15) is 17.8 Å². The Morgan fingerprint density at radius 2 is 1.86 bits per heavy atom. The molecule has 1 N–H and O–H groups in total. The fourth-order valence-corrected chi connectivity index (χ4v) is 4.75. The quantitative estimate of drug-likeness (QED) is 0.718. The van der Waals surface area contributed by atoms with Gasteiger partial charge in [-0.3, -0.25) is 15.2 Å². The molecule has 5 rings (SSSR count). The van der Waals surface area contributed by atoms with E-state index in [4.69, 9.17) is 0 Å². The molecule has 2 bridgehead atoms. The summed E-state index contributed by atoms with van der Waals surface area (Å²) < 4.78 is 0. The number of anilines is 1. The maximum Gasteiger partial charge on any atom is 0.323 e. The minimum absolute atomic E-state index is 0.0779. The Morgan fingerprint density at radius 3 is 2.57 bits per heavy atom. The normalized spacial score (nSPS) is 22.0. The van der Waals surface area contributed by atoms with E-state index in [0.717, 1.165) is 39.6 Å². The lowest BCUT2D eigenvalue weighted by Gasteiger charge is -2.38. The van der Waals surface area contributed by atoms with E-state index >= 15 is 0 Å². The van der Waals surface area contributed by atoms with E-state index in [1.807, 2.05) is 24.0 Å². The Balaban J connectivity index is 1.36. The molecule has 0 aromatic carbocycles. The molecule has 2 unspecified atom stereocenters. The Morgan fingerprint density at radius 1 is 1.11 bits per heavy atom. The van der Waals surface area contributed by atoms with Crippen LogP contribution in [0.4, 0.5) is 10.6 Å². The summed E-state index contributed by atoms with van der Waals surface area (Å²) in [5.74, 6) is 0.550. The highest BCUT2D eigenvalue weighted by Crippen LogP contribution is 2.29. The van der Waals surface area contributed by atoms with Gasteiger partial charge in [0.2, 0.25) is 0 Å². The summed E-state index contributed by atoms with van der Waals surface area (Å²) in [6.45, 7) is 3.47. The van der Waals surface area contributed by atoms with Crippen LogP contribution in [-0.2, 0) is 0 Å².